The molecule has 1 saturated carbocycles. The second-order valence-corrected chi connectivity index (χ2v) is 5.12. The molecule has 2 fully saturated rings. The van der Waals surface area contributed by atoms with E-state index in [-0.39, 0.29) is 0 Å². The van der Waals surface area contributed by atoms with Crippen molar-refractivity contribution in [1.29, 1.82) is 0 Å². The number of hydrogen-bond donors (Lipinski definition) is 1. The third-order valence-corrected chi connectivity index (χ3v) is 3.67. The molecule has 1 saturated heterocycles. The lowest BCUT2D eigenvalue weighted by Crippen LogP contribution is -2.37. The maximum atomic E-state index is 3.56. The summed E-state index contributed by atoms with van der Waals surface area (Å²) in [6.45, 7) is 7.46. The Morgan fingerprint density at radius 3 is 2.79 bits per heavy atom. The predicted molar refractivity (Wildman–Crippen MR) is 60.5 cm³/mol. The first-order valence-corrected chi connectivity index (χ1v) is 6.30. The summed E-state index contributed by atoms with van der Waals surface area (Å²) in [7, 11) is 0. The highest BCUT2D eigenvalue weighted by molar-refractivity contribution is 4.77. The zero-order valence-corrected chi connectivity index (χ0v) is 9.47. The summed E-state index contributed by atoms with van der Waals surface area (Å²) in [4.78, 5) is 2.68. The molecule has 82 valence electrons. The van der Waals surface area contributed by atoms with Gasteiger partial charge in [0.05, 0.1) is 0 Å². The zero-order valence-electron chi connectivity index (χ0n) is 9.47. The fourth-order valence-electron chi connectivity index (χ4n) is 2.92. The van der Waals surface area contributed by atoms with E-state index in [4.69, 9.17) is 0 Å². The van der Waals surface area contributed by atoms with Crippen molar-refractivity contribution in [2.75, 3.05) is 26.2 Å². The average Bonchev–Trinajstić information content (AvgIpc) is 2.56. The second-order valence-electron chi connectivity index (χ2n) is 5.12. The molecule has 1 atom stereocenters. The second kappa shape index (κ2) is 5.13. The van der Waals surface area contributed by atoms with Crippen LogP contribution in [-0.4, -0.2) is 37.1 Å². The minimum atomic E-state index is 0.693. The lowest BCUT2D eigenvalue weighted by atomic mass is 10.1. The van der Waals surface area contributed by atoms with Crippen molar-refractivity contribution in [3.63, 3.8) is 0 Å². The minimum Gasteiger partial charge on any atom is -0.313 e. The Morgan fingerprint density at radius 2 is 2.00 bits per heavy atom. The molecule has 0 radical (unpaired) electrons. The number of nitrogens with zero attached hydrogens (tertiary/aromatic N) is 1. The van der Waals surface area contributed by atoms with E-state index >= 15 is 0 Å². The van der Waals surface area contributed by atoms with Crippen LogP contribution < -0.4 is 5.32 Å². The van der Waals surface area contributed by atoms with Crippen LogP contribution >= 0.6 is 0 Å². The van der Waals surface area contributed by atoms with Gasteiger partial charge in [-0.2, -0.15) is 0 Å². The summed E-state index contributed by atoms with van der Waals surface area (Å²) in [6.07, 6.45) is 7.26. The van der Waals surface area contributed by atoms with Crippen LogP contribution in [0.25, 0.3) is 0 Å². The molecule has 0 bridgehead atoms. The Morgan fingerprint density at radius 1 is 1.21 bits per heavy atom. The molecular weight excluding hydrogens is 172 g/mol. The molecule has 2 heteroatoms. The first-order valence-electron chi connectivity index (χ1n) is 6.30. The van der Waals surface area contributed by atoms with Gasteiger partial charge in [0.2, 0.25) is 0 Å². The van der Waals surface area contributed by atoms with Gasteiger partial charge in [-0.05, 0) is 45.2 Å². The molecular formula is C12H24N2. The standard InChI is InChI=1S/C12H24N2/c1-11-9-14(8-4-7-13-11)10-12-5-2-3-6-12/h11-13H,2-10H2,1H3. The van der Waals surface area contributed by atoms with E-state index < -0.39 is 0 Å². The quantitative estimate of drug-likeness (QED) is 0.725. The summed E-state index contributed by atoms with van der Waals surface area (Å²) in [5.74, 6) is 1.01. The first-order chi connectivity index (χ1) is 6.84. The third-order valence-electron chi connectivity index (χ3n) is 3.67. The minimum absolute atomic E-state index is 0.693. The SMILES string of the molecule is CC1CN(CC2CCCC2)CCCN1. The molecule has 1 heterocycles. The van der Waals surface area contributed by atoms with Gasteiger partial charge >= 0.3 is 0 Å². The Hall–Kier alpha value is -0.0800. The third kappa shape index (κ3) is 2.96. The summed E-state index contributed by atoms with van der Waals surface area (Å²) < 4.78 is 0. The van der Waals surface area contributed by atoms with Crippen LogP contribution in [0.15, 0.2) is 0 Å². The number of hydrogen-bond acceptors (Lipinski definition) is 2. The van der Waals surface area contributed by atoms with Gasteiger partial charge in [-0.15, -0.1) is 0 Å². The lowest BCUT2D eigenvalue weighted by Gasteiger charge is -2.25. The zero-order chi connectivity index (χ0) is 9.80. The topological polar surface area (TPSA) is 15.3 Å². The van der Waals surface area contributed by atoms with E-state index in [0.29, 0.717) is 6.04 Å². The fourth-order valence-corrected chi connectivity index (χ4v) is 2.92. The predicted octanol–water partition coefficient (Wildman–Crippen LogP) is 1.86. The van der Waals surface area contributed by atoms with E-state index in [1.807, 2.05) is 0 Å². The van der Waals surface area contributed by atoms with Crippen LogP contribution in [0, 0.1) is 5.92 Å². The first kappa shape index (κ1) is 10.4. The van der Waals surface area contributed by atoms with Crippen molar-refractivity contribution in [2.24, 2.45) is 5.92 Å². The van der Waals surface area contributed by atoms with E-state index in [0.717, 1.165) is 5.92 Å². The number of nitrogens with one attached hydrogen (secondary N) is 1. The Bertz CT molecular complexity index is 164. The molecule has 2 nitrogen and oxygen atoms in total. The van der Waals surface area contributed by atoms with Gasteiger partial charge in [-0.3, -0.25) is 0 Å². The van der Waals surface area contributed by atoms with Crippen LogP contribution in [-0.2, 0) is 0 Å². The number of rotatable bonds is 2. The normalized spacial score (nSPS) is 31.9. The van der Waals surface area contributed by atoms with Gasteiger partial charge < -0.3 is 10.2 Å². The molecule has 1 aliphatic heterocycles. The molecule has 0 aromatic heterocycles. The molecule has 0 amide bonds. The van der Waals surface area contributed by atoms with Crippen molar-refractivity contribution in [3.05, 3.63) is 0 Å². The van der Waals surface area contributed by atoms with Gasteiger partial charge in [0.25, 0.3) is 0 Å². The average molecular weight is 196 g/mol. The molecule has 0 aromatic carbocycles. The largest absolute Gasteiger partial charge is 0.313 e. The van der Waals surface area contributed by atoms with Crippen molar-refractivity contribution < 1.29 is 0 Å². The van der Waals surface area contributed by atoms with E-state index in [2.05, 4.69) is 17.1 Å². The molecule has 1 aliphatic carbocycles. The Balaban J connectivity index is 1.77. The lowest BCUT2D eigenvalue weighted by molar-refractivity contribution is 0.231. The molecule has 0 aromatic rings. The summed E-state index contributed by atoms with van der Waals surface area (Å²) >= 11 is 0. The fraction of sp³-hybridized carbons (Fsp3) is 1.00. The van der Waals surface area contributed by atoms with Crippen LogP contribution in [0.2, 0.25) is 0 Å². The van der Waals surface area contributed by atoms with E-state index in [1.54, 1.807) is 0 Å². The maximum Gasteiger partial charge on any atom is 0.0166 e. The maximum absolute atomic E-state index is 3.56. The highest BCUT2D eigenvalue weighted by Gasteiger charge is 2.20. The molecule has 2 aliphatic rings. The highest BCUT2D eigenvalue weighted by atomic mass is 15.2. The summed E-state index contributed by atoms with van der Waals surface area (Å²) in [6, 6.07) is 0.693. The van der Waals surface area contributed by atoms with E-state index in [9.17, 15) is 0 Å². The summed E-state index contributed by atoms with van der Waals surface area (Å²) in [5, 5.41) is 3.56. The van der Waals surface area contributed by atoms with Crippen LogP contribution in [0.1, 0.15) is 39.0 Å². The van der Waals surface area contributed by atoms with Gasteiger partial charge in [-0.1, -0.05) is 12.8 Å². The van der Waals surface area contributed by atoms with Gasteiger partial charge in [-0.25, -0.2) is 0 Å². The van der Waals surface area contributed by atoms with E-state index in [1.165, 1.54) is 58.3 Å². The molecule has 0 spiro atoms. The van der Waals surface area contributed by atoms with Crippen LogP contribution in [0.3, 0.4) is 0 Å². The molecule has 2 rings (SSSR count). The molecule has 1 N–H and O–H groups in total. The molecule has 1 unspecified atom stereocenters. The monoisotopic (exact) mass is 196 g/mol. The Labute approximate surface area is 88.1 Å². The molecule has 14 heavy (non-hydrogen) atoms. The van der Waals surface area contributed by atoms with Gasteiger partial charge in [0, 0.05) is 19.1 Å². The van der Waals surface area contributed by atoms with Crippen LogP contribution in [0.5, 0.6) is 0 Å². The van der Waals surface area contributed by atoms with Gasteiger partial charge in [0.1, 0.15) is 0 Å². The van der Waals surface area contributed by atoms with Gasteiger partial charge in [0.15, 0.2) is 0 Å². The van der Waals surface area contributed by atoms with Crippen molar-refractivity contribution >= 4 is 0 Å². The van der Waals surface area contributed by atoms with Crippen molar-refractivity contribution in [1.82, 2.24) is 10.2 Å². The highest BCUT2D eigenvalue weighted by Crippen LogP contribution is 2.25. The Kier molecular flexibility index (Phi) is 3.82. The van der Waals surface area contributed by atoms with Crippen molar-refractivity contribution in [2.45, 2.75) is 45.1 Å². The van der Waals surface area contributed by atoms with Crippen molar-refractivity contribution in [3.8, 4) is 0 Å². The van der Waals surface area contributed by atoms with Crippen LogP contribution in [0.4, 0.5) is 0 Å². The smallest absolute Gasteiger partial charge is 0.0166 e. The summed E-state index contributed by atoms with van der Waals surface area (Å²) in [5.41, 5.74) is 0.